The molecule has 0 spiro atoms. The lowest BCUT2D eigenvalue weighted by atomic mass is 10.1. The second-order valence-electron chi connectivity index (χ2n) is 5.85. The van der Waals surface area contributed by atoms with E-state index in [0.29, 0.717) is 6.54 Å². The third-order valence-corrected chi connectivity index (χ3v) is 4.79. The van der Waals surface area contributed by atoms with Crippen molar-refractivity contribution in [1.29, 1.82) is 0 Å². The first-order valence-electron chi connectivity index (χ1n) is 7.82. The molecule has 5 nitrogen and oxygen atoms in total. The van der Waals surface area contributed by atoms with E-state index in [9.17, 15) is 4.79 Å². The molecular weight excluding hydrogens is 312 g/mol. The third kappa shape index (κ3) is 3.41. The lowest BCUT2D eigenvalue weighted by molar-refractivity contribution is -0.121. The van der Waals surface area contributed by atoms with Crippen molar-refractivity contribution in [2.24, 2.45) is 0 Å². The number of amides is 1. The van der Waals surface area contributed by atoms with Crippen molar-refractivity contribution in [2.75, 3.05) is 44.7 Å². The number of rotatable bonds is 3. The molecule has 0 aliphatic carbocycles. The summed E-state index contributed by atoms with van der Waals surface area (Å²) in [5.74, 6) is 1.04. The number of hydrogen-bond acceptors (Lipinski definition) is 4. The molecule has 122 valence electrons. The van der Waals surface area contributed by atoms with Crippen LogP contribution in [0.5, 0.6) is 0 Å². The smallest absolute Gasteiger partial charge is 0.233 e. The number of nitrogens with zero attached hydrogens (tertiary/aromatic N) is 3. The second kappa shape index (κ2) is 6.72. The summed E-state index contributed by atoms with van der Waals surface area (Å²) in [6, 6.07) is 8.07. The molecule has 0 radical (unpaired) electrons. The summed E-state index contributed by atoms with van der Waals surface area (Å²) in [5.41, 5.74) is 1.98. The van der Waals surface area contributed by atoms with Gasteiger partial charge in [-0.05, 0) is 30.7 Å². The van der Waals surface area contributed by atoms with Gasteiger partial charge in [0.2, 0.25) is 5.91 Å². The molecule has 0 unspecified atom stereocenters. The molecule has 0 saturated carbocycles. The van der Waals surface area contributed by atoms with Gasteiger partial charge in [0, 0.05) is 43.6 Å². The van der Waals surface area contributed by atoms with Gasteiger partial charge in [-0.15, -0.1) is 0 Å². The molecule has 0 bridgehead atoms. The molecule has 23 heavy (non-hydrogen) atoms. The molecule has 1 amide bonds. The Hall–Kier alpha value is -1.85. The Balaban J connectivity index is 1.75. The lowest BCUT2D eigenvalue weighted by Gasteiger charge is -2.35. The molecule has 1 aromatic heterocycles. The van der Waals surface area contributed by atoms with Crippen molar-refractivity contribution >= 4 is 34.2 Å². The van der Waals surface area contributed by atoms with Crippen LogP contribution in [0.15, 0.2) is 24.3 Å². The van der Waals surface area contributed by atoms with Gasteiger partial charge in [-0.1, -0.05) is 17.7 Å². The van der Waals surface area contributed by atoms with Crippen LogP contribution in [0, 0.1) is 6.92 Å². The number of anilines is 1. The van der Waals surface area contributed by atoms with Crippen LogP contribution in [-0.4, -0.2) is 55.6 Å². The number of aryl methyl sites for hydroxylation is 1. The predicted octanol–water partition coefficient (Wildman–Crippen LogP) is 2.06. The van der Waals surface area contributed by atoms with Crippen molar-refractivity contribution in [2.45, 2.75) is 6.92 Å². The van der Waals surface area contributed by atoms with Crippen LogP contribution in [0.2, 0.25) is 5.02 Å². The Bertz CT molecular complexity index is 726. The number of pyridine rings is 1. The third-order valence-electron chi connectivity index (χ3n) is 4.38. The topological polar surface area (TPSA) is 48.5 Å². The minimum Gasteiger partial charge on any atom is -0.358 e. The average molecular weight is 333 g/mol. The highest BCUT2D eigenvalue weighted by molar-refractivity contribution is 6.32. The van der Waals surface area contributed by atoms with E-state index in [1.807, 2.05) is 19.1 Å². The number of likely N-dealkylation sites (N-methyl/N-ethyl adjacent to an activating group) is 1. The molecule has 2 heterocycles. The molecule has 1 aromatic carbocycles. The Morgan fingerprint density at radius 3 is 2.61 bits per heavy atom. The van der Waals surface area contributed by atoms with Crippen molar-refractivity contribution in [1.82, 2.24) is 15.2 Å². The number of hydrogen-bond donors (Lipinski definition) is 1. The minimum atomic E-state index is 0.0625. The summed E-state index contributed by atoms with van der Waals surface area (Å²) in [6.45, 7) is 5.93. The van der Waals surface area contributed by atoms with Gasteiger partial charge in [-0.3, -0.25) is 9.69 Å². The summed E-state index contributed by atoms with van der Waals surface area (Å²) in [4.78, 5) is 20.7. The molecule has 6 heteroatoms. The fourth-order valence-electron chi connectivity index (χ4n) is 2.89. The van der Waals surface area contributed by atoms with E-state index in [0.717, 1.165) is 53.5 Å². The first kappa shape index (κ1) is 16.0. The van der Waals surface area contributed by atoms with E-state index >= 15 is 0 Å². The first-order valence-corrected chi connectivity index (χ1v) is 8.20. The highest BCUT2D eigenvalue weighted by Crippen LogP contribution is 2.26. The van der Waals surface area contributed by atoms with Crippen LogP contribution in [0.3, 0.4) is 0 Å². The number of carbonyl (C=O) groups excluding carboxylic acids is 1. The van der Waals surface area contributed by atoms with Gasteiger partial charge in [-0.2, -0.15) is 0 Å². The highest BCUT2D eigenvalue weighted by atomic mass is 35.5. The second-order valence-corrected chi connectivity index (χ2v) is 6.26. The van der Waals surface area contributed by atoms with E-state index in [-0.39, 0.29) is 5.91 Å². The Kier molecular flexibility index (Phi) is 4.68. The molecule has 1 aliphatic heterocycles. The zero-order valence-corrected chi connectivity index (χ0v) is 14.2. The van der Waals surface area contributed by atoms with E-state index in [1.54, 1.807) is 7.05 Å². The van der Waals surface area contributed by atoms with Crippen LogP contribution in [0.1, 0.15) is 5.56 Å². The molecular formula is C17H21ClN4O. The molecule has 2 aromatic rings. The number of aromatic nitrogens is 1. The standard InChI is InChI=1S/C17H21ClN4O/c1-12-14(18)5-3-13-4-6-15(20-17(12)13)22-9-7-21(8-10-22)11-16(23)19-2/h3-6H,7-11H2,1-2H3,(H,19,23). The largest absolute Gasteiger partial charge is 0.358 e. The highest BCUT2D eigenvalue weighted by Gasteiger charge is 2.20. The Morgan fingerprint density at radius 2 is 1.91 bits per heavy atom. The summed E-state index contributed by atoms with van der Waals surface area (Å²) in [7, 11) is 1.67. The fourth-order valence-corrected chi connectivity index (χ4v) is 3.04. The number of benzene rings is 1. The number of piperazine rings is 1. The normalized spacial score (nSPS) is 15.9. The SMILES string of the molecule is CNC(=O)CN1CCN(c2ccc3ccc(Cl)c(C)c3n2)CC1. The van der Waals surface area contributed by atoms with Crippen molar-refractivity contribution < 1.29 is 4.79 Å². The summed E-state index contributed by atoms with van der Waals surface area (Å²) >= 11 is 6.21. The number of fused-ring (bicyclic) bond motifs is 1. The zero-order valence-electron chi connectivity index (χ0n) is 13.5. The van der Waals surface area contributed by atoms with Crippen LogP contribution in [-0.2, 0) is 4.79 Å². The Morgan fingerprint density at radius 1 is 1.22 bits per heavy atom. The molecule has 1 aliphatic rings. The molecule has 0 atom stereocenters. The van der Waals surface area contributed by atoms with Gasteiger partial charge in [0.1, 0.15) is 5.82 Å². The van der Waals surface area contributed by atoms with E-state index in [2.05, 4.69) is 27.2 Å². The summed E-state index contributed by atoms with van der Waals surface area (Å²) in [6.07, 6.45) is 0. The maximum Gasteiger partial charge on any atom is 0.233 e. The van der Waals surface area contributed by atoms with Crippen molar-refractivity contribution in [3.63, 3.8) is 0 Å². The maximum atomic E-state index is 11.5. The van der Waals surface area contributed by atoms with Crippen LogP contribution in [0.4, 0.5) is 5.82 Å². The summed E-state index contributed by atoms with van der Waals surface area (Å²) in [5, 5.41) is 4.52. The number of nitrogens with one attached hydrogen (secondary N) is 1. The first-order chi connectivity index (χ1) is 11.1. The van der Waals surface area contributed by atoms with E-state index in [1.165, 1.54) is 0 Å². The van der Waals surface area contributed by atoms with Crippen LogP contribution in [0.25, 0.3) is 10.9 Å². The zero-order chi connectivity index (χ0) is 16.4. The van der Waals surface area contributed by atoms with Gasteiger partial charge < -0.3 is 10.2 Å². The Labute approximate surface area is 141 Å². The quantitative estimate of drug-likeness (QED) is 0.934. The van der Waals surface area contributed by atoms with E-state index in [4.69, 9.17) is 16.6 Å². The monoisotopic (exact) mass is 332 g/mol. The molecule has 3 rings (SSSR count). The van der Waals surface area contributed by atoms with Gasteiger partial charge >= 0.3 is 0 Å². The lowest BCUT2D eigenvalue weighted by Crippen LogP contribution is -2.49. The van der Waals surface area contributed by atoms with Gasteiger partial charge in [-0.25, -0.2) is 4.98 Å². The molecule has 1 N–H and O–H groups in total. The van der Waals surface area contributed by atoms with Crippen molar-refractivity contribution in [3.05, 3.63) is 34.9 Å². The fraction of sp³-hybridized carbons (Fsp3) is 0.412. The maximum absolute atomic E-state index is 11.5. The van der Waals surface area contributed by atoms with Crippen LogP contribution < -0.4 is 10.2 Å². The van der Waals surface area contributed by atoms with Crippen molar-refractivity contribution in [3.8, 4) is 0 Å². The molecule has 1 fully saturated rings. The average Bonchev–Trinajstić information content (AvgIpc) is 2.58. The minimum absolute atomic E-state index is 0.0625. The number of carbonyl (C=O) groups is 1. The van der Waals surface area contributed by atoms with Gasteiger partial charge in [0.15, 0.2) is 0 Å². The van der Waals surface area contributed by atoms with Gasteiger partial charge in [0.25, 0.3) is 0 Å². The van der Waals surface area contributed by atoms with Gasteiger partial charge in [0.05, 0.1) is 12.1 Å². The van der Waals surface area contributed by atoms with E-state index < -0.39 is 0 Å². The summed E-state index contributed by atoms with van der Waals surface area (Å²) < 4.78 is 0. The van der Waals surface area contributed by atoms with Crippen LogP contribution >= 0.6 is 11.6 Å². The predicted molar refractivity (Wildman–Crippen MR) is 94.2 cm³/mol. The molecule has 1 saturated heterocycles. The number of halogens is 1.